The molecule has 0 unspecified atom stereocenters. The van der Waals surface area contributed by atoms with Gasteiger partial charge in [0, 0.05) is 18.7 Å². The van der Waals surface area contributed by atoms with Crippen molar-refractivity contribution in [3.8, 4) is 28.6 Å². The second kappa shape index (κ2) is 11.5. The van der Waals surface area contributed by atoms with Gasteiger partial charge in [-0.1, -0.05) is 56.8 Å². The van der Waals surface area contributed by atoms with Gasteiger partial charge in [-0.15, -0.1) is 10.2 Å². The monoisotopic (exact) mass is 498 g/mol. The van der Waals surface area contributed by atoms with Crippen LogP contribution in [0, 0.1) is 0 Å². The quantitative estimate of drug-likeness (QED) is 0.406. The number of ether oxygens (including phenoxy) is 3. The molecule has 0 aliphatic carbocycles. The molecule has 0 atom stereocenters. The van der Waals surface area contributed by atoms with E-state index in [0.29, 0.717) is 35.5 Å². The van der Waals surface area contributed by atoms with Crippen LogP contribution in [0.1, 0.15) is 38.8 Å². The largest absolute Gasteiger partial charge is 0.493 e. The van der Waals surface area contributed by atoms with Crippen LogP contribution in [0.25, 0.3) is 11.4 Å². The van der Waals surface area contributed by atoms with E-state index in [9.17, 15) is 4.79 Å². The van der Waals surface area contributed by atoms with Crippen LogP contribution >= 0.6 is 11.8 Å². The fraction of sp³-hybridized carbons (Fsp3) is 0.423. The highest BCUT2D eigenvalue weighted by atomic mass is 32.2. The number of carbonyl (C=O) groups is 1. The molecule has 0 saturated carbocycles. The number of benzene rings is 2. The standard InChI is InChI=1S/C26H34N4O4S/c1-8-30-24(18-9-11-19(12-10-18)26(2,3)4)28-29-25(30)35-16-22(31)27-15-17-13-20(32-5)23(34-7)21(14-17)33-6/h9-14H,8,15-16H2,1-7H3,(H,27,31). The smallest absolute Gasteiger partial charge is 0.230 e. The highest BCUT2D eigenvalue weighted by Crippen LogP contribution is 2.38. The molecule has 3 aromatic rings. The van der Waals surface area contributed by atoms with E-state index in [4.69, 9.17) is 14.2 Å². The summed E-state index contributed by atoms with van der Waals surface area (Å²) < 4.78 is 18.1. The molecule has 35 heavy (non-hydrogen) atoms. The Bertz CT molecular complexity index is 1130. The van der Waals surface area contributed by atoms with Crippen molar-refractivity contribution in [2.24, 2.45) is 0 Å². The Balaban J connectivity index is 1.64. The molecule has 0 fully saturated rings. The predicted octanol–water partition coefficient (Wildman–Crippen LogP) is 4.70. The summed E-state index contributed by atoms with van der Waals surface area (Å²) in [5, 5.41) is 12.4. The van der Waals surface area contributed by atoms with Crippen LogP contribution in [-0.2, 0) is 23.3 Å². The Morgan fingerprint density at radius 1 is 1.00 bits per heavy atom. The minimum atomic E-state index is -0.106. The molecule has 0 bridgehead atoms. The van der Waals surface area contributed by atoms with E-state index in [2.05, 4.69) is 60.6 Å². The van der Waals surface area contributed by atoms with Gasteiger partial charge in [-0.05, 0) is 35.6 Å². The number of thioether (sulfide) groups is 1. The van der Waals surface area contributed by atoms with Crippen LogP contribution in [0.2, 0.25) is 0 Å². The zero-order chi connectivity index (χ0) is 25.6. The topological polar surface area (TPSA) is 87.5 Å². The van der Waals surface area contributed by atoms with Crippen LogP contribution in [-0.4, -0.2) is 47.8 Å². The average molecular weight is 499 g/mol. The number of amides is 1. The molecule has 1 N–H and O–H groups in total. The van der Waals surface area contributed by atoms with Gasteiger partial charge in [0.2, 0.25) is 11.7 Å². The lowest BCUT2D eigenvalue weighted by molar-refractivity contribution is -0.118. The third kappa shape index (κ3) is 6.28. The van der Waals surface area contributed by atoms with E-state index in [1.807, 2.05) is 23.6 Å². The summed E-state index contributed by atoms with van der Waals surface area (Å²) in [5.41, 5.74) is 3.21. The molecule has 188 valence electrons. The minimum absolute atomic E-state index is 0.0907. The van der Waals surface area contributed by atoms with Crippen molar-refractivity contribution in [3.05, 3.63) is 47.5 Å². The summed E-state index contributed by atoms with van der Waals surface area (Å²) in [6.45, 7) is 9.67. The fourth-order valence-corrected chi connectivity index (χ4v) is 4.46. The molecule has 3 rings (SSSR count). The molecule has 0 aliphatic heterocycles. The maximum absolute atomic E-state index is 12.6. The Morgan fingerprint density at radius 3 is 2.14 bits per heavy atom. The molecule has 0 saturated heterocycles. The number of nitrogens with zero attached hydrogens (tertiary/aromatic N) is 3. The van der Waals surface area contributed by atoms with Gasteiger partial charge in [0.25, 0.3) is 0 Å². The maximum Gasteiger partial charge on any atom is 0.230 e. The second-order valence-corrected chi connectivity index (χ2v) is 9.92. The lowest BCUT2D eigenvalue weighted by Crippen LogP contribution is -2.24. The van der Waals surface area contributed by atoms with Crippen molar-refractivity contribution < 1.29 is 19.0 Å². The number of hydrogen-bond acceptors (Lipinski definition) is 7. The summed E-state index contributed by atoms with van der Waals surface area (Å²) in [4.78, 5) is 12.6. The molecule has 0 aliphatic rings. The lowest BCUT2D eigenvalue weighted by Gasteiger charge is -2.19. The fourth-order valence-electron chi connectivity index (χ4n) is 3.63. The molecule has 1 heterocycles. The molecule has 1 amide bonds. The first-order valence-electron chi connectivity index (χ1n) is 11.4. The second-order valence-electron chi connectivity index (χ2n) is 8.98. The Hall–Kier alpha value is -3.20. The van der Waals surface area contributed by atoms with E-state index < -0.39 is 0 Å². The predicted molar refractivity (Wildman–Crippen MR) is 139 cm³/mol. The van der Waals surface area contributed by atoms with Crippen molar-refractivity contribution in [3.63, 3.8) is 0 Å². The SMILES string of the molecule is CCn1c(SCC(=O)NCc2cc(OC)c(OC)c(OC)c2)nnc1-c1ccc(C(C)(C)C)cc1. The molecule has 2 aromatic carbocycles. The Kier molecular flexibility index (Phi) is 8.67. The van der Waals surface area contributed by atoms with Crippen LogP contribution in [0.4, 0.5) is 0 Å². The first-order valence-corrected chi connectivity index (χ1v) is 12.4. The number of carbonyl (C=O) groups excluding carboxylic acids is 1. The zero-order valence-electron chi connectivity index (χ0n) is 21.5. The van der Waals surface area contributed by atoms with Crippen molar-refractivity contribution in [1.29, 1.82) is 0 Å². The first kappa shape index (κ1) is 26.4. The number of aromatic nitrogens is 3. The maximum atomic E-state index is 12.6. The molecule has 0 spiro atoms. The van der Waals surface area contributed by atoms with Gasteiger partial charge in [-0.25, -0.2) is 0 Å². The van der Waals surface area contributed by atoms with E-state index in [1.165, 1.54) is 17.3 Å². The zero-order valence-corrected chi connectivity index (χ0v) is 22.3. The van der Waals surface area contributed by atoms with E-state index in [0.717, 1.165) is 17.0 Å². The van der Waals surface area contributed by atoms with Gasteiger partial charge in [0.1, 0.15) is 0 Å². The molecule has 1 aromatic heterocycles. The molecule has 8 nitrogen and oxygen atoms in total. The normalized spacial score (nSPS) is 11.3. The molecule has 0 radical (unpaired) electrons. The summed E-state index contributed by atoms with van der Waals surface area (Å²) >= 11 is 1.37. The molecule has 9 heteroatoms. The lowest BCUT2D eigenvalue weighted by atomic mass is 9.87. The summed E-state index contributed by atoms with van der Waals surface area (Å²) in [6, 6.07) is 12.1. The highest BCUT2D eigenvalue weighted by molar-refractivity contribution is 7.99. The first-order chi connectivity index (χ1) is 16.7. The van der Waals surface area contributed by atoms with Crippen molar-refractivity contribution in [2.45, 2.75) is 51.4 Å². The summed E-state index contributed by atoms with van der Waals surface area (Å²) in [5.74, 6) is 2.53. The Morgan fingerprint density at radius 2 is 1.63 bits per heavy atom. The number of nitrogens with one attached hydrogen (secondary N) is 1. The van der Waals surface area contributed by atoms with Crippen molar-refractivity contribution in [1.82, 2.24) is 20.1 Å². The number of rotatable bonds is 10. The number of methoxy groups -OCH3 is 3. The van der Waals surface area contributed by atoms with Crippen molar-refractivity contribution in [2.75, 3.05) is 27.1 Å². The van der Waals surface area contributed by atoms with Crippen LogP contribution in [0.5, 0.6) is 17.2 Å². The van der Waals surface area contributed by atoms with Gasteiger partial charge >= 0.3 is 0 Å². The number of hydrogen-bond donors (Lipinski definition) is 1. The Labute approximate surface area is 211 Å². The van der Waals surface area contributed by atoms with Gasteiger partial charge in [-0.2, -0.15) is 0 Å². The van der Waals surface area contributed by atoms with Crippen LogP contribution in [0.3, 0.4) is 0 Å². The molecular formula is C26H34N4O4S. The average Bonchev–Trinajstić information content (AvgIpc) is 3.27. The van der Waals surface area contributed by atoms with Crippen molar-refractivity contribution >= 4 is 17.7 Å². The van der Waals surface area contributed by atoms with Gasteiger partial charge in [0.05, 0.1) is 27.1 Å². The highest BCUT2D eigenvalue weighted by Gasteiger charge is 2.18. The van der Waals surface area contributed by atoms with Gasteiger partial charge < -0.3 is 24.1 Å². The van der Waals surface area contributed by atoms with Crippen LogP contribution in [0.15, 0.2) is 41.6 Å². The third-order valence-corrected chi connectivity index (χ3v) is 6.56. The summed E-state index contributed by atoms with van der Waals surface area (Å²) in [7, 11) is 4.68. The summed E-state index contributed by atoms with van der Waals surface area (Å²) in [6.07, 6.45) is 0. The van der Waals surface area contributed by atoms with E-state index in [1.54, 1.807) is 21.3 Å². The van der Waals surface area contributed by atoms with E-state index in [-0.39, 0.29) is 17.1 Å². The van der Waals surface area contributed by atoms with Crippen LogP contribution < -0.4 is 19.5 Å². The minimum Gasteiger partial charge on any atom is -0.493 e. The third-order valence-electron chi connectivity index (χ3n) is 5.59. The van der Waals surface area contributed by atoms with Gasteiger partial charge in [-0.3, -0.25) is 4.79 Å². The molecular weight excluding hydrogens is 464 g/mol. The van der Waals surface area contributed by atoms with Gasteiger partial charge in [0.15, 0.2) is 22.5 Å². The van der Waals surface area contributed by atoms with E-state index >= 15 is 0 Å².